The Morgan fingerprint density at radius 2 is 2.27 bits per heavy atom. The summed E-state index contributed by atoms with van der Waals surface area (Å²) in [7, 11) is 0. The molecule has 1 aromatic carbocycles. The maximum atomic E-state index is 10.9. The molecule has 0 amide bonds. The second-order valence-electron chi connectivity index (χ2n) is 3.87. The topological polar surface area (TPSA) is 26.3 Å². The van der Waals surface area contributed by atoms with E-state index in [1.54, 1.807) is 0 Å². The number of hydrogen-bond acceptors (Lipinski definition) is 2. The summed E-state index contributed by atoms with van der Waals surface area (Å²) in [6.07, 6.45) is 4.80. The van der Waals surface area contributed by atoms with Gasteiger partial charge in [-0.05, 0) is 18.1 Å². The second-order valence-corrected chi connectivity index (χ2v) is 3.87. The first-order valence-electron chi connectivity index (χ1n) is 5.11. The van der Waals surface area contributed by atoms with Crippen LogP contribution in [0.1, 0.15) is 36.1 Å². The number of ether oxygens (including phenoxy) is 1. The molecule has 0 saturated heterocycles. The molecule has 0 aliphatic heterocycles. The van der Waals surface area contributed by atoms with Gasteiger partial charge in [-0.1, -0.05) is 35.9 Å². The van der Waals surface area contributed by atoms with Gasteiger partial charge < -0.3 is 4.74 Å². The summed E-state index contributed by atoms with van der Waals surface area (Å²) < 4.78 is 5.27. The Hall–Kier alpha value is -1.57. The van der Waals surface area contributed by atoms with E-state index in [1.165, 1.54) is 12.5 Å². The van der Waals surface area contributed by atoms with E-state index in [0.717, 1.165) is 17.5 Å². The van der Waals surface area contributed by atoms with Crippen LogP contribution in [0.2, 0.25) is 0 Å². The van der Waals surface area contributed by atoms with Crippen LogP contribution in [0.25, 0.3) is 6.08 Å². The molecular weight excluding hydrogens is 188 g/mol. The standard InChI is InChI=1S/C13H14O2/c1-9-6-7-12-11(8-9)4-3-5-13(12)15-10(2)14/h3-4,6-8,13H,5H2,1-2H3. The first-order chi connectivity index (χ1) is 7.16. The Balaban J connectivity index is 2.35. The first kappa shape index (κ1) is 9.97. The van der Waals surface area contributed by atoms with Gasteiger partial charge in [-0.2, -0.15) is 0 Å². The van der Waals surface area contributed by atoms with Crippen LogP contribution in [0.3, 0.4) is 0 Å². The van der Waals surface area contributed by atoms with Gasteiger partial charge in [-0.3, -0.25) is 4.79 Å². The molecule has 0 saturated carbocycles. The highest BCUT2D eigenvalue weighted by Gasteiger charge is 2.19. The summed E-state index contributed by atoms with van der Waals surface area (Å²) in [5.41, 5.74) is 3.49. The molecule has 0 aromatic heterocycles. The molecule has 0 heterocycles. The van der Waals surface area contributed by atoms with Crippen molar-refractivity contribution >= 4 is 12.0 Å². The Morgan fingerprint density at radius 1 is 1.47 bits per heavy atom. The van der Waals surface area contributed by atoms with Crippen LogP contribution in [0.5, 0.6) is 0 Å². The van der Waals surface area contributed by atoms with Crippen molar-refractivity contribution in [2.45, 2.75) is 26.4 Å². The Kier molecular flexibility index (Phi) is 2.58. The number of hydrogen-bond donors (Lipinski definition) is 0. The molecule has 0 spiro atoms. The Labute approximate surface area is 89.6 Å². The lowest BCUT2D eigenvalue weighted by molar-refractivity contribution is -0.146. The lowest BCUT2D eigenvalue weighted by Crippen LogP contribution is -2.11. The van der Waals surface area contributed by atoms with Gasteiger partial charge in [0.15, 0.2) is 0 Å². The van der Waals surface area contributed by atoms with Crippen LogP contribution in [0.15, 0.2) is 24.3 Å². The monoisotopic (exact) mass is 202 g/mol. The molecule has 1 atom stereocenters. The number of esters is 1. The number of benzene rings is 1. The molecule has 1 aliphatic carbocycles. The van der Waals surface area contributed by atoms with Gasteiger partial charge >= 0.3 is 5.97 Å². The predicted molar refractivity (Wildman–Crippen MR) is 59.3 cm³/mol. The van der Waals surface area contributed by atoms with Crippen LogP contribution >= 0.6 is 0 Å². The van der Waals surface area contributed by atoms with Gasteiger partial charge in [0.2, 0.25) is 0 Å². The van der Waals surface area contributed by atoms with E-state index in [4.69, 9.17) is 4.74 Å². The molecule has 1 unspecified atom stereocenters. The molecule has 78 valence electrons. The van der Waals surface area contributed by atoms with E-state index in [1.807, 2.05) is 6.07 Å². The van der Waals surface area contributed by atoms with Crippen LogP contribution in [0.4, 0.5) is 0 Å². The average molecular weight is 202 g/mol. The number of carbonyl (C=O) groups excluding carboxylic acids is 1. The van der Waals surface area contributed by atoms with Crippen molar-refractivity contribution in [2.24, 2.45) is 0 Å². The van der Waals surface area contributed by atoms with Crippen LogP contribution in [-0.4, -0.2) is 5.97 Å². The Morgan fingerprint density at radius 3 is 3.00 bits per heavy atom. The maximum Gasteiger partial charge on any atom is 0.303 e. The molecular formula is C13H14O2. The zero-order chi connectivity index (χ0) is 10.8. The highest BCUT2D eigenvalue weighted by atomic mass is 16.5. The molecule has 15 heavy (non-hydrogen) atoms. The van der Waals surface area contributed by atoms with Crippen LogP contribution in [-0.2, 0) is 9.53 Å². The van der Waals surface area contributed by atoms with Gasteiger partial charge in [0.1, 0.15) is 6.10 Å². The van der Waals surface area contributed by atoms with Crippen molar-refractivity contribution in [2.75, 3.05) is 0 Å². The van der Waals surface area contributed by atoms with Gasteiger partial charge in [-0.25, -0.2) is 0 Å². The summed E-state index contributed by atoms with van der Waals surface area (Å²) in [5, 5.41) is 0. The average Bonchev–Trinajstić information content (AvgIpc) is 2.16. The minimum absolute atomic E-state index is 0.108. The van der Waals surface area contributed by atoms with E-state index >= 15 is 0 Å². The van der Waals surface area contributed by atoms with Crippen molar-refractivity contribution in [3.8, 4) is 0 Å². The summed E-state index contributed by atoms with van der Waals surface area (Å²) in [5.74, 6) is -0.221. The largest absolute Gasteiger partial charge is 0.457 e. The molecule has 2 rings (SSSR count). The normalized spacial score (nSPS) is 18.4. The quantitative estimate of drug-likeness (QED) is 0.654. The molecule has 0 fully saturated rings. The lowest BCUT2D eigenvalue weighted by Gasteiger charge is -2.21. The second kappa shape index (κ2) is 3.89. The van der Waals surface area contributed by atoms with Gasteiger partial charge in [-0.15, -0.1) is 0 Å². The number of aryl methyl sites for hydroxylation is 1. The van der Waals surface area contributed by atoms with E-state index in [0.29, 0.717) is 0 Å². The summed E-state index contributed by atoms with van der Waals surface area (Å²) in [6, 6.07) is 6.21. The highest BCUT2D eigenvalue weighted by Crippen LogP contribution is 2.31. The highest BCUT2D eigenvalue weighted by molar-refractivity contribution is 5.67. The zero-order valence-corrected chi connectivity index (χ0v) is 8.99. The summed E-state index contributed by atoms with van der Waals surface area (Å²) in [4.78, 5) is 10.9. The van der Waals surface area contributed by atoms with Crippen molar-refractivity contribution in [3.63, 3.8) is 0 Å². The molecule has 2 heteroatoms. The fourth-order valence-corrected chi connectivity index (χ4v) is 1.89. The smallest absolute Gasteiger partial charge is 0.303 e. The zero-order valence-electron chi connectivity index (χ0n) is 8.99. The minimum atomic E-state index is -0.221. The van der Waals surface area contributed by atoms with Crippen molar-refractivity contribution < 1.29 is 9.53 Å². The van der Waals surface area contributed by atoms with E-state index < -0.39 is 0 Å². The maximum absolute atomic E-state index is 10.9. The third-order valence-corrected chi connectivity index (χ3v) is 2.54. The summed E-state index contributed by atoms with van der Waals surface area (Å²) >= 11 is 0. The number of fused-ring (bicyclic) bond motifs is 1. The number of carbonyl (C=O) groups is 1. The van der Waals surface area contributed by atoms with E-state index in [9.17, 15) is 4.79 Å². The van der Waals surface area contributed by atoms with E-state index in [2.05, 4.69) is 31.2 Å². The SMILES string of the molecule is CC(=O)OC1CC=Cc2cc(C)ccc21. The van der Waals surface area contributed by atoms with Gasteiger partial charge in [0.25, 0.3) is 0 Å². The molecule has 1 aliphatic rings. The van der Waals surface area contributed by atoms with Crippen molar-refractivity contribution in [1.82, 2.24) is 0 Å². The third-order valence-electron chi connectivity index (χ3n) is 2.54. The number of rotatable bonds is 1. The van der Waals surface area contributed by atoms with Crippen LogP contribution in [0, 0.1) is 6.92 Å². The molecule has 0 bridgehead atoms. The fraction of sp³-hybridized carbons (Fsp3) is 0.308. The predicted octanol–water partition coefficient (Wildman–Crippen LogP) is 3.02. The molecule has 0 radical (unpaired) electrons. The van der Waals surface area contributed by atoms with Crippen molar-refractivity contribution in [1.29, 1.82) is 0 Å². The third kappa shape index (κ3) is 2.09. The minimum Gasteiger partial charge on any atom is -0.457 e. The molecule has 0 N–H and O–H groups in total. The van der Waals surface area contributed by atoms with Crippen molar-refractivity contribution in [3.05, 3.63) is 41.0 Å². The van der Waals surface area contributed by atoms with Crippen LogP contribution < -0.4 is 0 Å². The van der Waals surface area contributed by atoms with E-state index in [-0.39, 0.29) is 12.1 Å². The summed E-state index contributed by atoms with van der Waals surface area (Å²) in [6.45, 7) is 3.51. The lowest BCUT2D eigenvalue weighted by atomic mass is 9.93. The first-order valence-corrected chi connectivity index (χ1v) is 5.11. The fourth-order valence-electron chi connectivity index (χ4n) is 1.89. The van der Waals surface area contributed by atoms with Gasteiger partial charge in [0.05, 0.1) is 0 Å². The van der Waals surface area contributed by atoms with Gasteiger partial charge in [0, 0.05) is 13.3 Å². The Bertz CT molecular complexity index is 419. The molecule has 2 nitrogen and oxygen atoms in total. The molecule has 1 aromatic rings.